The molecule has 2 aliphatic rings. The number of likely N-dealkylation sites (tertiary alicyclic amines) is 1. The highest BCUT2D eigenvalue weighted by Gasteiger charge is 2.31. The van der Waals surface area contributed by atoms with Gasteiger partial charge in [-0.3, -0.25) is 4.79 Å². The molecule has 31 heavy (non-hydrogen) atoms. The number of nitrogen functional groups attached to an aromatic ring is 1. The first kappa shape index (κ1) is 21.2. The van der Waals surface area contributed by atoms with Gasteiger partial charge >= 0.3 is 0 Å². The highest BCUT2D eigenvalue weighted by atomic mass is 16.5. The minimum Gasteiger partial charge on any atom is -0.496 e. The van der Waals surface area contributed by atoms with Crippen LogP contribution in [-0.2, 0) is 0 Å². The fourth-order valence-corrected chi connectivity index (χ4v) is 4.15. The Morgan fingerprint density at radius 3 is 2.39 bits per heavy atom. The van der Waals surface area contributed by atoms with E-state index in [2.05, 4.69) is 16.9 Å². The Labute approximate surface area is 182 Å². The zero-order valence-electron chi connectivity index (χ0n) is 18.3. The number of amides is 1. The van der Waals surface area contributed by atoms with Crippen LogP contribution >= 0.6 is 0 Å². The zero-order valence-corrected chi connectivity index (χ0v) is 18.3. The topological polar surface area (TPSA) is 99.8 Å². The fraction of sp³-hybridized carbons (Fsp3) is 0.522. The molecular weight excluding hydrogens is 396 g/mol. The number of nitrogens with two attached hydrogens (primary N) is 1. The Morgan fingerprint density at radius 2 is 1.74 bits per heavy atom. The molecule has 4 rings (SSSR count). The maximum atomic E-state index is 13.0. The van der Waals surface area contributed by atoms with E-state index >= 15 is 0 Å². The van der Waals surface area contributed by atoms with Gasteiger partial charge in [0, 0.05) is 37.0 Å². The van der Waals surface area contributed by atoms with Crippen molar-refractivity contribution in [3.63, 3.8) is 0 Å². The average molecular weight is 427 g/mol. The number of hydrogen-bond acceptors (Lipinski definition) is 7. The highest BCUT2D eigenvalue weighted by molar-refractivity contribution is 5.93. The molecule has 1 atom stereocenters. The molecule has 8 nitrogen and oxygen atoms in total. The molecular formula is C23H30N4O4. The lowest BCUT2D eigenvalue weighted by molar-refractivity contribution is 0.0706. The van der Waals surface area contributed by atoms with E-state index in [1.54, 1.807) is 38.7 Å². The standard InChI is InChI=1S/C23H30N4O4/c1-14(15-4-5-15)31-21-13-25-18(10-20(21)30-3)23(28)27-8-6-16(7-9-27)17-12-26-22(24)11-19(17)29-2/h10-16H,4-9H2,1-3H3,(H2,24,26). The number of carbonyl (C=O) groups excluding carboxylic acids is 1. The van der Waals surface area contributed by atoms with Crippen molar-refractivity contribution in [1.29, 1.82) is 0 Å². The van der Waals surface area contributed by atoms with E-state index < -0.39 is 0 Å². The van der Waals surface area contributed by atoms with Crippen molar-refractivity contribution < 1.29 is 19.0 Å². The quantitative estimate of drug-likeness (QED) is 0.725. The van der Waals surface area contributed by atoms with Gasteiger partial charge in [-0.1, -0.05) is 0 Å². The average Bonchev–Trinajstić information content (AvgIpc) is 3.64. The molecule has 1 saturated heterocycles. The third-order valence-corrected chi connectivity index (χ3v) is 6.23. The van der Waals surface area contributed by atoms with Gasteiger partial charge in [0.25, 0.3) is 5.91 Å². The molecule has 0 aromatic carbocycles. The number of pyridine rings is 2. The van der Waals surface area contributed by atoms with Crippen LogP contribution < -0.4 is 19.9 Å². The lowest BCUT2D eigenvalue weighted by Gasteiger charge is -2.32. The number of nitrogens with zero attached hydrogens (tertiary/aromatic N) is 3. The van der Waals surface area contributed by atoms with Crippen LogP contribution in [0.5, 0.6) is 17.2 Å². The van der Waals surface area contributed by atoms with Crippen molar-refractivity contribution in [2.24, 2.45) is 5.92 Å². The third-order valence-electron chi connectivity index (χ3n) is 6.23. The van der Waals surface area contributed by atoms with E-state index in [4.69, 9.17) is 19.9 Å². The first-order valence-electron chi connectivity index (χ1n) is 10.8. The SMILES string of the molecule is COc1cc(C(=O)N2CCC(c3cnc(N)cc3OC)CC2)ncc1OC(C)C1CC1. The normalized spacial score (nSPS) is 17.8. The Hall–Kier alpha value is -3.03. The summed E-state index contributed by atoms with van der Waals surface area (Å²) in [5, 5.41) is 0. The van der Waals surface area contributed by atoms with E-state index in [1.165, 1.54) is 12.8 Å². The molecule has 3 heterocycles. The van der Waals surface area contributed by atoms with E-state index in [1.807, 2.05) is 4.90 Å². The maximum absolute atomic E-state index is 13.0. The Morgan fingerprint density at radius 1 is 1.03 bits per heavy atom. The number of anilines is 1. The second kappa shape index (κ2) is 8.99. The summed E-state index contributed by atoms with van der Waals surface area (Å²) in [7, 11) is 3.21. The van der Waals surface area contributed by atoms with Crippen LogP contribution in [0.3, 0.4) is 0 Å². The Kier molecular flexibility index (Phi) is 6.15. The molecule has 1 amide bonds. The highest BCUT2D eigenvalue weighted by Crippen LogP contribution is 2.37. The fourth-order valence-electron chi connectivity index (χ4n) is 4.15. The van der Waals surface area contributed by atoms with Crippen LogP contribution in [-0.4, -0.2) is 54.2 Å². The molecule has 1 unspecified atom stereocenters. The summed E-state index contributed by atoms with van der Waals surface area (Å²) >= 11 is 0. The molecule has 0 spiro atoms. The van der Waals surface area contributed by atoms with Crippen LogP contribution in [0.2, 0.25) is 0 Å². The number of carbonyl (C=O) groups is 1. The van der Waals surface area contributed by atoms with Gasteiger partial charge in [-0.15, -0.1) is 0 Å². The van der Waals surface area contributed by atoms with Crippen molar-refractivity contribution in [2.45, 2.75) is 44.6 Å². The summed E-state index contributed by atoms with van der Waals surface area (Å²) in [6.07, 6.45) is 7.54. The monoisotopic (exact) mass is 426 g/mol. The van der Waals surface area contributed by atoms with Crippen molar-refractivity contribution in [3.8, 4) is 17.2 Å². The van der Waals surface area contributed by atoms with Crippen molar-refractivity contribution in [3.05, 3.63) is 35.8 Å². The molecule has 2 N–H and O–H groups in total. The summed E-state index contributed by atoms with van der Waals surface area (Å²) in [5.74, 6) is 3.09. The summed E-state index contributed by atoms with van der Waals surface area (Å²) in [6, 6.07) is 3.42. The first-order chi connectivity index (χ1) is 15.0. The molecule has 2 aromatic heterocycles. The van der Waals surface area contributed by atoms with Crippen molar-refractivity contribution in [1.82, 2.24) is 14.9 Å². The van der Waals surface area contributed by atoms with Crippen LogP contribution in [0.1, 0.15) is 54.6 Å². The number of methoxy groups -OCH3 is 2. The zero-order chi connectivity index (χ0) is 22.0. The molecule has 0 bridgehead atoms. The van der Waals surface area contributed by atoms with Crippen LogP contribution in [0, 0.1) is 5.92 Å². The molecule has 8 heteroatoms. The molecule has 1 aliphatic heterocycles. The van der Waals surface area contributed by atoms with E-state index in [0.717, 1.165) is 24.2 Å². The number of ether oxygens (including phenoxy) is 3. The van der Waals surface area contributed by atoms with E-state index in [9.17, 15) is 4.79 Å². The maximum Gasteiger partial charge on any atom is 0.272 e. The van der Waals surface area contributed by atoms with Gasteiger partial charge in [-0.25, -0.2) is 9.97 Å². The summed E-state index contributed by atoms with van der Waals surface area (Å²) in [4.78, 5) is 23.5. The molecule has 1 aliphatic carbocycles. The van der Waals surface area contributed by atoms with Gasteiger partial charge in [-0.05, 0) is 44.4 Å². The molecule has 2 aromatic rings. The van der Waals surface area contributed by atoms with E-state index in [0.29, 0.717) is 42.0 Å². The van der Waals surface area contributed by atoms with Crippen LogP contribution in [0.25, 0.3) is 0 Å². The Balaban J connectivity index is 1.41. The van der Waals surface area contributed by atoms with Gasteiger partial charge in [0.1, 0.15) is 17.3 Å². The van der Waals surface area contributed by atoms with Gasteiger partial charge in [-0.2, -0.15) is 0 Å². The third kappa shape index (κ3) is 4.68. The van der Waals surface area contributed by atoms with Crippen LogP contribution in [0.4, 0.5) is 5.82 Å². The molecule has 0 radical (unpaired) electrons. The number of hydrogen-bond donors (Lipinski definition) is 1. The van der Waals surface area contributed by atoms with Gasteiger partial charge in [0.15, 0.2) is 11.5 Å². The van der Waals surface area contributed by atoms with Crippen molar-refractivity contribution in [2.75, 3.05) is 33.0 Å². The number of aromatic nitrogens is 2. The molecule has 166 valence electrons. The predicted octanol–water partition coefficient (Wildman–Crippen LogP) is 3.27. The second-order valence-electron chi connectivity index (χ2n) is 8.30. The summed E-state index contributed by atoms with van der Waals surface area (Å²) in [6.45, 7) is 3.34. The smallest absolute Gasteiger partial charge is 0.272 e. The molecule has 2 fully saturated rings. The lowest BCUT2D eigenvalue weighted by Crippen LogP contribution is -2.38. The van der Waals surface area contributed by atoms with Gasteiger partial charge < -0.3 is 24.8 Å². The van der Waals surface area contributed by atoms with Crippen LogP contribution in [0.15, 0.2) is 24.5 Å². The minimum atomic E-state index is -0.0964. The van der Waals surface area contributed by atoms with Gasteiger partial charge in [0.2, 0.25) is 0 Å². The molecule has 1 saturated carbocycles. The lowest BCUT2D eigenvalue weighted by atomic mass is 9.89. The van der Waals surface area contributed by atoms with Crippen molar-refractivity contribution >= 4 is 11.7 Å². The minimum absolute atomic E-state index is 0.0964. The first-order valence-corrected chi connectivity index (χ1v) is 10.8. The Bertz CT molecular complexity index is 939. The largest absolute Gasteiger partial charge is 0.496 e. The van der Waals surface area contributed by atoms with E-state index in [-0.39, 0.29) is 17.9 Å². The number of rotatable bonds is 7. The number of piperidine rings is 1. The predicted molar refractivity (Wildman–Crippen MR) is 117 cm³/mol. The van der Waals surface area contributed by atoms with Gasteiger partial charge in [0.05, 0.1) is 26.5 Å². The second-order valence-corrected chi connectivity index (χ2v) is 8.30. The summed E-state index contributed by atoms with van der Waals surface area (Å²) in [5.41, 5.74) is 7.17. The summed E-state index contributed by atoms with van der Waals surface area (Å²) < 4.78 is 16.9.